The van der Waals surface area contributed by atoms with Crippen molar-refractivity contribution in [3.05, 3.63) is 33.9 Å². The Morgan fingerprint density at radius 2 is 1.56 bits per heavy atom. The summed E-state index contributed by atoms with van der Waals surface area (Å²) in [7, 11) is 1.42. The maximum atomic E-state index is 12.8. The highest BCUT2D eigenvalue weighted by Gasteiger charge is 2.29. The van der Waals surface area contributed by atoms with Crippen LogP contribution in [-0.4, -0.2) is 77.9 Å². The molecule has 1 aromatic rings. The summed E-state index contributed by atoms with van der Waals surface area (Å²) in [6.07, 6.45) is 3.24. The van der Waals surface area contributed by atoms with Crippen LogP contribution in [0.3, 0.4) is 0 Å². The van der Waals surface area contributed by atoms with E-state index < -0.39 is 4.92 Å². The van der Waals surface area contributed by atoms with Gasteiger partial charge in [-0.15, -0.1) is 0 Å². The lowest BCUT2D eigenvalue weighted by molar-refractivity contribution is -0.384. The van der Waals surface area contributed by atoms with Gasteiger partial charge in [0.2, 0.25) is 0 Å². The number of carbonyl (C=O) groups excluding carboxylic acids is 2. The van der Waals surface area contributed by atoms with Crippen molar-refractivity contribution < 1.29 is 19.2 Å². The first kappa shape index (κ1) is 18.9. The average molecular weight is 376 g/mol. The van der Waals surface area contributed by atoms with Crippen LogP contribution >= 0.6 is 0 Å². The first-order valence-corrected chi connectivity index (χ1v) is 9.17. The van der Waals surface area contributed by atoms with Crippen LogP contribution in [0.25, 0.3) is 0 Å². The molecule has 1 aromatic carbocycles. The molecule has 3 amide bonds. The van der Waals surface area contributed by atoms with Gasteiger partial charge in [0.05, 0.1) is 17.6 Å². The van der Waals surface area contributed by atoms with E-state index in [0.717, 1.165) is 32.4 Å². The van der Waals surface area contributed by atoms with Crippen molar-refractivity contribution in [3.63, 3.8) is 0 Å². The minimum atomic E-state index is -0.536. The lowest BCUT2D eigenvalue weighted by Crippen LogP contribution is -2.54. The third-order valence-corrected chi connectivity index (χ3v) is 5.09. The van der Waals surface area contributed by atoms with Crippen molar-refractivity contribution in [2.24, 2.45) is 0 Å². The lowest BCUT2D eigenvalue weighted by Gasteiger charge is -2.38. The monoisotopic (exact) mass is 376 g/mol. The number of likely N-dealkylation sites (tertiary alicyclic amines) is 1. The van der Waals surface area contributed by atoms with E-state index in [1.165, 1.54) is 25.3 Å². The van der Waals surface area contributed by atoms with Crippen molar-refractivity contribution in [1.82, 2.24) is 14.7 Å². The molecular formula is C18H24N4O5. The molecule has 0 N–H and O–H groups in total. The van der Waals surface area contributed by atoms with Crippen LogP contribution in [0.15, 0.2) is 18.2 Å². The number of non-ortho nitro benzene ring substituents is 1. The second-order valence-corrected chi connectivity index (χ2v) is 6.75. The zero-order valence-corrected chi connectivity index (χ0v) is 15.4. The first-order valence-electron chi connectivity index (χ1n) is 9.17. The maximum Gasteiger partial charge on any atom is 0.320 e. The highest BCUT2D eigenvalue weighted by molar-refractivity contribution is 5.97. The topological polar surface area (TPSA) is 96.2 Å². The number of urea groups is 1. The minimum absolute atomic E-state index is 0.0368. The molecule has 2 aliphatic heterocycles. The number of ether oxygens (including phenoxy) is 1. The zero-order valence-electron chi connectivity index (χ0n) is 15.4. The number of amides is 3. The number of benzene rings is 1. The SMILES string of the molecule is COc1ccc([N+](=O)[O-])cc1C(=O)N1CCN(C(=O)N2CCCCC2)CC1. The molecule has 0 bridgehead atoms. The van der Waals surface area contributed by atoms with Crippen molar-refractivity contribution in [2.75, 3.05) is 46.4 Å². The van der Waals surface area contributed by atoms with Crippen LogP contribution in [0.4, 0.5) is 10.5 Å². The smallest absolute Gasteiger partial charge is 0.320 e. The third-order valence-electron chi connectivity index (χ3n) is 5.09. The zero-order chi connectivity index (χ0) is 19.4. The van der Waals surface area contributed by atoms with E-state index in [1.54, 1.807) is 9.80 Å². The minimum Gasteiger partial charge on any atom is -0.496 e. The van der Waals surface area contributed by atoms with E-state index in [1.807, 2.05) is 4.90 Å². The molecule has 27 heavy (non-hydrogen) atoms. The van der Waals surface area contributed by atoms with Gasteiger partial charge in [-0.25, -0.2) is 4.79 Å². The number of piperidine rings is 1. The van der Waals surface area contributed by atoms with Gasteiger partial charge in [-0.3, -0.25) is 14.9 Å². The van der Waals surface area contributed by atoms with Gasteiger partial charge >= 0.3 is 6.03 Å². The Bertz CT molecular complexity index is 724. The number of rotatable bonds is 3. The van der Waals surface area contributed by atoms with Crippen LogP contribution in [0, 0.1) is 10.1 Å². The number of methoxy groups -OCH3 is 1. The van der Waals surface area contributed by atoms with E-state index in [9.17, 15) is 19.7 Å². The van der Waals surface area contributed by atoms with Gasteiger partial charge in [-0.05, 0) is 25.3 Å². The molecule has 0 aliphatic carbocycles. The Balaban J connectivity index is 1.65. The van der Waals surface area contributed by atoms with Gasteiger partial charge < -0.3 is 19.4 Å². The number of nitro benzene ring substituents is 1. The summed E-state index contributed by atoms with van der Waals surface area (Å²) in [6.45, 7) is 3.29. The number of carbonyl (C=O) groups is 2. The molecule has 2 aliphatic rings. The molecule has 0 saturated carbocycles. The molecular weight excluding hydrogens is 352 g/mol. The molecule has 0 atom stereocenters. The summed E-state index contributed by atoms with van der Waals surface area (Å²) in [6, 6.07) is 4.02. The average Bonchev–Trinajstić information content (AvgIpc) is 2.73. The van der Waals surface area contributed by atoms with Crippen molar-refractivity contribution >= 4 is 17.6 Å². The largest absolute Gasteiger partial charge is 0.496 e. The Kier molecular flexibility index (Phi) is 5.78. The Morgan fingerprint density at radius 1 is 0.963 bits per heavy atom. The highest BCUT2D eigenvalue weighted by atomic mass is 16.6. The molecule has 9 nitrogen and oxygen atoms in total. The van der Waals surface area contributed by atoms with Crippen molar-refractivity contribution in [1.29, 1.82) is 0 Å². The van der Waals surface area contributed by atoms with E-state index >= 15 is 0 Å². The fourth-order valence-electron chi connectivity index (χ4n) is 3.53. The summed E-state index contributed by atoms with van der Waals surface area (Å²) in [5.74, 6) is -0.0157. The summed E-state index contributed by atoms with van der Waals surface area (Å²) in [5, 5.41) is 11.0. The number of hydrogen-bond donors (Lipinski definition) is 0. The molecule has 0 aromatic heterocycles. The van der Waals surface area contributed by atoms with Gasteiger partial charge in [0.15, 0.2) is 0 Å². The molecule has 2 saturated heterocycles. The molecule has 0 unspecified atom stereocenters. The highest BCUT2D eigenvalue weighted by Crippen LogP contribution is 2.26. The van der Waals surface area contributed by atoms with Crippen LogP contribution in [0.5, 0.6) is 5.75 Å². The number of hydrogen-bond acceptors (Lipinski definition) is 5. The van der Waals surface area contributed by atoms with E-state index in [-0.39, 0.29) is 23.2 Å². The van der Waals surface area contributed by atoms with E-state index in [4.69, 9.17) is 4.74 Å². The Hall–Kier alpha value is -2.84. The molecule has 146 valence electrons. The van der Waals surface area contributed by atoms with Crippen LogP contribution < -0.4 is 4.74 Å². The number of nitro groups is 1. The molecule has 0 radical (unpaired) electrons. The predicted octanol–water partition coefficient (Wildman–Crippen LogP) is 1.97. The van der Waals surface area contributed by atoms with Crippen LogP contribution in [-0.2, 0) is 0 Å². The van der Waals surface area contributed by atoms with Gasteiger partial charge in [0.25, 0.3) is 11.6 Å². The normalized spacial score (nSPS) is 17.6. The van der Waals surface area contributed by atoms with Crippen molar-refractivity contribution in [3.8, 4) is 5.75 Å². The fourth-order valence-corrected chi connectivity index (χ4v) is 3.53. The third kappa shape index (κ3) is 4.12. The summed E-state index contributed by atoms with van der Waals surface area (Å²) in [5.41, 5.74) is 0.0144. The van der Waals surface area contributed by atoms with Crippen molar-refractivity contribution in [2.45, 2.75) is 19.3 Å². The second-order valence-electron chi connectivity index (χ2n) is 6.75. The molecule has 2 heterocycles. The Labute approximate surface area is 157 Å². The first-order chi connectivity index (χ1) is 13.0. The number of piperazine rings is 1. The molecule has 0 spiro atoms. The lowest BCUT2D eigenvalue weighted by atomic mass is 10.1. The maximum absolute atomic E-state index is 12.8. The summed E-state index contributed by atoms with van der Waals surface area (Å²) < 4.78 is 5.19. The second kappa shape index (κ2) is 8.24. The fraction of sp³-hybridized carbons (Fsp3) is 0.556. The predicted molar refractivity (Wildman–Crippen MR) is 97.9 cm³/mol. The number of nitrogens with zero attached hydrogens (tertiary/aromatic N) is 4. The molecule has 9 heteroatoms. The van der Waals surface area contributed by atoms with E-state index in [2.05, 4.69) is 0 Å². The quantitative estimate of drug-likeness (QED) is 0.593. The molecule has 3 rings (SSSR count). The standard InChI is InChI=1S/C18H24N4O5/c1-27-16-6-5-14(22(25)26)13-15(16)17(23)19-9-11-21(12-10-19)18(24)20-7-3-2-4-8-20/h5-6,13H,2-4,7-12H2,1H3. The van der Waals surface area contributed by atoms with E-state index in [0.29, 0.717) is 31.9 Å². The summed E-state index contributed by atoms with van der Waals surface area (Å²) in [4.78, 5) is 41.2. The van der Waals surface area contributed by atoms with Gasteiger partial charge in [-0.2, -0.15) is 0 Å². The van der Waals surface area contributed by atoms with Gasteiger partial charge in [0, 0.05) is 51.4 Å². The van der Waals surface area contributed by atoms with Gasteiger partial charge in [-0.1, -0.05) is 0 Å². The molecule has 2 fully saturated rings. The Morgan fingerprint density at radius 3 is 2.15 bits per heavy atom. The van der Waals surface area contributed by atoms with Crippen LogP contribution in [0.1, 0.15) is 29.6 Å². The van der Waals surface area contributed by atoms with Crippen LogP contribution in [0.2, 0.25) is 0 Å². The summed E-state index contributed by atoms with van der Waals surface area (Å²) >= 11 is 0. The van der Waals surface area contributed by atoms with Gasteiger partial charge in [0.1, 0.15) is 5.75 Å².